The molecule has 0 aromatic rings. The Morgan fingerprint density at radius 2 is 2.25 bits per heavy atom. The predicted octanol–water partition coefficient (Wildman–Crippen LogP) is 0.366. The van der Waals surface area contributed by atoms with E-state index in [4.69, 9.17) is 4.74 Å². The molecule has 2 fully saturated rings. The molecule has 0 aromatic heterocycles. The molecular formula is C6H8O2. The molecule has 0 radical (unpaired) electrons. The molecule has 8 heavy (non-hydrogen) atoms. The zero-order chi connectivity index (χ0) is 5.61. The van der Waals surface area contributed by atoms with Gasteiger partial charge in [0.15, 0.2) is 5.78 Å². The van der Waals surface area contributed by atoms with E-state index in [0.717, 1.165) is 12.8 Å². The molecule has 1 heterocycles. The lowest BCUT2D eigenvalue weighted by molar-refractivity contribution is -0.121. The summed E-state index contributed by atoms with van der Waals surface area (Å²) in [6.45, 7) is 1.08. The van der Waals surface area contributed by atoms with E-state index >= 15 is 0 Å². The predicted molar refractivity (Wildman–Crippen MR) is 27.5 cm³/mol. The molecule has 0 atom stereocenters. The fraction of sp³-hybridized carbons (Fsp3) is 0.833. The van der Waals surface area contributed by atoms with Crippen LogP contribution in [0.5, 0.6) is 0 Å². The fourth-order valence-corrected chi connectivity index (χ4v) is 1.15. The van der Waals surface area contributed by atoms with Crippen molar-refractivity contribution >= 4 is 5.78 Å². The molecule has 44 valence electrons. The standard InChI is InChI=1S/C6H8O2/c7-5-3-8-4-6(5)1-2-6/h1-4H2. The Bertz CT molecular complexity index is 135. The van der Waals surface area contributed by atoms with Gasteiger partial charge in [-0.15, -0.1) is 0 Å². The van der Waals surface area contributed by atoms with Gasteiger partial charge in [-0.05, 0) is 12.8 Å². The van der Waals surface area contributed by atoms with Crippen LogP contribution >= 0.6 is 0 Å². The smallest absolute Gasteiger partial charge is 0.166 e. The molecule has 2 rings (SSSR count). The van der Waals surface area contributed by atoms with Crippen LogP contribution in [-0.2, 0) is 9.53 Å². The largest absolute Gasteiger partial charge is 0.373 e. The molecule has 1 saturated carbocycles. The van der Waals surface area contributed by atoms with Gasteiger partial charge in [0.2, 0.25) is 0 Å². The Morgan fingerprint density at radius 3 is 2.50 bits per heavy atom. The number of carbonyl (C=O) groups excluding carboxylic acids is 1. The van der Waals surface area contributed by atoms with Crippen molar-refractivity contribution in [1.29, 1.82) is 0 Å². The third kappa shape index (κ3) is 0.388. The SMILES string of the molecule is O=C1COCC12CC2. The third-order valence-electron chi connectivity index (χ3n) is 2.06. The average Bonchev–Trinajstić information content (AvgIpc) is 2.39. The van der Waals surface area contributed by atoms with Gasteiger partial charge in [-0.25, -0.2) is 0 Å². The summed E-state index contributed by atoms with van der Waals surface area (Å²) in [5.41, 5.74) is 0.0417. The van der Waals surface area contributed by atoms with Gasteiger partial charge < -0.3 is 4.74 Å². The van der Waals surface area contributed by atoms with Crippen LogP contribution in [0.15, 0.2) is 0 Å². The molecule has 1 saturated heterocycles. The second-order valence-corrected chi connectivity index (χ2v) is 2.70. The van der Waals surface area contributed by atoms with E-state index in [1.807, 2.05) is 0 Å². The molecular weight excluding hydrogens is 104 g/mol. The molecule has 1 aliphatic carbocycles. The first kappa shape index (κ1) is 4.50. The Kier molecular flexibility index (Phi) is 0.637. The minimum absolute atomic E-state index is 0.0417. The lowest BCUT2D eigenvalue weighted by atomic mass is 10.1. The van der Waals surface area contributed by atoms with Crippen molar-refractivity contribution < 1.29 is 9.53 Å². The molecule has 2 heteroatoms. The van der Waals surface area contributed by atoms with E-state index in [0.29, 0.717) is 19.0 Å². The van der Waals surface area contributed by atoms with Crippen molar-refractivity contribution in [2.75, 3.05) is 13.2 Å². The van der Waals surface area contributed by atoms with E-state index < -0.39 is 0 Å². The normalized spacial score (nSPS) is 31.8. The van der Waals surface area contributed by atoms with Crippen LogP contribution in [0.2, 0.25) is 0 Å². The maximum absolute atomic E-state index is 10.8. The van der Waals surface area contributed by atoms with Crippen LogP contribution in [0.1, 0.15) is 12.8 Å². The summed E-state index contributed by atoms with van der Waals surface area (Å²) in [7, 11) is 0. The van der Waals surface area contributed by atoms with E-state index in [2.05, 4.69) is 0 Å². The number of ether oxygens (including phenoxy) is 1. The molecule has 0 bridgehead atoms. The van der Waals surface area contributed by atoms with Gasteiger partial charge in [-0.3, -0.25) is 4.79 Å². The highest BCUT2D eigenvalue weighted by molar-refractivity contribution is 5.90. The molecule has 0 amide bonds. The quantitative estimate of drug-likeness (QED) is 0.452. The van der Waals surface area contributed by atoms with Crippen molar-refractivity contribution in [3.05, 3.63) is 0 Å². The van der Waals surface area contributed by atoms with Gasteiger partial charge in [-0.1, -0.05) is 0 Å². The molecule has 2 aliphatic rings. The van der Waals surface area contributed by atoms with Gasteiger partial charge in [0.25, 0.3) is 0 Å². The lowest BCUT2D eigenvalue weighted by Crippen LogP contribution is -2.10. The summed E-state index contributed by atoms with van der Waals surface area (Å²) in [4.78, 5) is 10.8. The number of carbonyl (C=O) groups is 1. The summed E-state index contributed by atoms with van der Waals surface area (Å²) in [5.74, 6) is 0.331. The molecule has 2 nitrogen and oxygen atoms in total. The number of Topliss-reactive ketones (excluding diaryl/α,β-unsaturated/α-hetero) is 1. The Morgan fingerprint density at radius 1 is 1.50 bits per heavy atom. The summed E-state index contributed by atoms with van der Waals surface area (Å²) >= 11 is 0. The second kappa shape index (κ2) is 1.13. The van der Waals surface area contributed by atoms with Crippen LogP contribution < -0.4 is 0 Å². The van der Waals surface area contributed by atoms with Gasteiger partial charge >= 0.3 is 0 Å². The Labute approximate surface area is 47.8 Å². The van der Waals surface area contributed by atoms with Crippen LogP contribution in [0.25, 0.3) is 0 Å². The summed E-state index contributed by atoms with van der Waals surface area (Å²) < 4.78 is 4.98. The molecule has 0 aromatic carbocycles. The van der Waals surface area contributed by atoms with Crippen LogP contribution in [0.3, 0.4) is 0 Å². The summed E-state index contributed by atoms with van der Waals surface area (Å²) in [6, 6.07) is 0. The number of hydrogen-bond donors (Lipinski definition) is 0. The van der Waals surface area contributed by atoms with Crippen molar-refractivity contribution in [3.63, 3.8) is 0 Å². The zero-order valence-corrected chi connectivity index (χ0v) is 4.64. The van der Waals surface area contributed by atoms with Crippen molar-refractivity contribution in [2.24, 2.45) is 5.41 Å². The lowest BCUT2D eigenvalue weighted by Gasteiger charge is -1.94. The minimum atomic E-state index is 0.0417. The second-order valence-electron chi connectivity index (χ2n) is 2.70. The number of ketones is 1. The summed E-state index contributed by atoms with van der Waals surface area (Å²) in [6.07, 6.45) is 2.15. The molecule has 1 aliphatic heterocycles. The highest BCUT2D eigenvalue weighted by Gasteiger charge is 2.52. The van der Waals surface area contributed by atoms with E-state index in [-0.39, 0.29) is 5.41 Å². The number of rotatable bonds is 0. The molecule has 1 spiro atoms. The van der Waals surface area contributed by atoms with Gasteiger partial charge in [0.05, 0.1) is 12.0 Å². The fourth-order valence-electron chi connectivity index (χ4n) is 1.15. The average molecular weight is 112 g/mol. The van der Waals surface area contributed by atoms with Crippen molar-refractivity contribution in [3.8, 4) is 0 Å². The molecule has 0 N–H and O–H groups in total. The third-order valence-corrected chi connectivity index (χ3v) is 2.06. The number of hydrogen-bond acceptors (Lipinski definition) is 2. The summed E-state index contributed by atoms with van der Waals surface area (Å²) in [5, 5.41) is 0. The maximum Gasteiger partial charge on any atom is 0.166 e. The maximum atomic E-state index is 10.8. The minimum Gasteiger partial charge on any atom is -0.373 e. The zero-order valence-electron chi connectivity index (χ0n) is 4.64. The van der Waals surface area contributed by atoms with E-state index in [1.165, 1.54) is 0 Å². The molecule has 0 unspecified atom stereocenters. The van der Waals surface area contributed by atoms with Gasteiger partial charge in [-0.2, -0.15) is 0 Å². The van der Waals surface area contributed by atoms with Gasteiger partial charge in [0, 0.05) is 0 Å². The Balaban J connectivity index is 2.23. The van der Waals surface area contributed by atoms with Gasteiger partial charge in [0.1, 0.15) is 6.61 Å². The van der Waals surface area contributed by atoms with Crippen molar-refractivity contribution in [2.45, 2.75) is 12.8 Å². The van der Waals surface area contributed by atoms with Crippen LogP contribution in [-0.4, -0.2) is 19.0 Å². The van der Waals surface area contributed by atoms with E-state index in [9.17, 15) is 4.79 Å². The highest BCUT2D eigenvalue weighted by Crippen LogP contribution is 2.49. The highest BCUT2D eigenvalue weighted by atomic mass is 16.5. The first-order valence-electron chi connectivity index (χ1n) is 2.95. The van der Waals surface area contributed by atoms with Crippen molar-refractivity contribution in [1.82, 2.24) is 0 Å². The van der Waals surface area contributed by atoms with Crippen LogP contribution in [0, 0.1) is 5.41 Å². The van der Waals surface area contributed by atoms with Crippen LogP contribution in [0.4, 0.5) is 0 Å². The first-order valence-corrected chi connectivity index (χ1v) is 2.95. The monoisotopic (exact) mass is 112 g/mol. The van der Waals surface area contributed by atoms with E-state index in [1.54, 1.807) is 0 Å². The first-order chi connectivity index (χ1) is 3.83. The topological polar surface area (TPSA) is 26.3 Å². The Hall–Kier alpha value is -0.370.